The number of nitrogens with zero attached hydrogens (tertiary/aromatic N) is 1. The lowest BCUT2D eigenvalue weighted by Gasteiger charge is -2.22. The third kappa shape index (κ3) is 2.59. The lowest BCUT2D eigenvalue weighted by Crippen LogP contribution is -2.21. The van der Waals surface area contributed by atoms with Gasteiger partial charge in [-0.2, -0.15) is 0 Å². The number of hydrogen-bond acceptors (Lipinski definition) is 4. The second kappa shape index (κ2) is 5.49. The highest BCUT2D eigenvalue weighted by Gasteiger charge is 2.09. The van der Waals surface area contributed by atoms with Crippen molar-refractivity contribution >= 4 is 11.4 Å². The number of methoxy groups -OCH3 is 1. The van der Waals surface area contributed by atoms with Gasteiger partial charge in [0, 0.05) is 18.3 Å². The van der Waals surface area contributed by atoms with Gasteiger partial charge in [-0.25, -0.2) is 0 Å². The summed E-state index contributed by atoms with van der Waals surface area (Å²) in [5.41, 5.74) is 7.53. The quantitative estimate of drug-likeness (QED) is 0.824. The summed E-state index contributed by atoms with van der Waals surface area (Å²) in [7, 11) is 1.62. The molecule has 2 aromatic rings. The molecular weight excluding hydrogens is 228 g/mol. The van der Waals surface area contributed by atoms with Crippen molar-refractivity contribution < 1.29 is 9.15 Å². The molecule has 0 aliphatic rings. The first-order valence-corrected chi connectivity index (χ1v) is 5.95. The van der Waals surface area contributed by atoms with Gasteiger partial charge in [0.1, 0.15) is 11.5 Å². The molecule has 0 saturated carbocycles. The number of rotatable bonds is 5. The summed E-state index contributed by atoms with van der Waals surface area (Å²) in [6, 6.07) is 9.66. The summed E-state index contributed by atoms with van der Waals surface area (Å²) in [4.78, 5) is 2.20. The first-order valence-electron chi connectivity index (χ1n) is 5.95. The van der Waals surface area contributed by atoms with Crippen molar-refractivity contribution in [2.45, 2.75) is 13.5 Å². The maximum Gasteiger partial charge on any atom is 0.143 e. The van der Waals surface area contributed by atoms with Crippen LogP contribution in [0, 0.1) is 0 Å². The molecule has 0 unspecified atom stereocenters. The molecule has 0 bridgehead atoms. The summed E-state index contributed by atoms with van der Waals surface area (Å²) in [6.07, 6.45) is 1.69. The zero-order chi connectivity index (χ0) is 13.0. The number of nitrogens with two attached hydrogens (primary N) is 1. The van der Waals surface area contributed by atoms with Crippen molar-refractivity contribution in [3.63, 3.8) is 0 Å². The molecule has 0 atom stereocenters. The van der Waals surface area contributed by atoms with Gasteiger partial charge in [0.2, 0.25) is 0 Å². The van der Waals surface area contributed by atoms with Crippen LogP contribution in [-0.2, 0) is 6.54 Å². The molecule has 0 amide bonds. The van der Waals surface area contributed by atoms with E-state index in [0.717, 1.165) is 24.5 Å². The third-order valence-electron chi connectivity index (χ3n) is 2.89. The Morgan fingerprint density at radius 2 is 2.17 bits per heavy atom. The van der Waals surface area contributed by atoms with Gasteiger partial charge in [0.25, 0.3) is 0 Å². The van der Waals surface area contributed by atoms with Gasteiger partial charge in [-0.05, 0) is 31.2 Å². The standard InChI is InChI=1S/C14H18N2O2/c1-3-16(10-12-5-4-8-18-12)11-6-7-13(15)14(9-11)17-2/h4-9H,3,10,15H2,1-2H3. The molecule has 18 heavy (non-hydrogen) atoms. The highest BCUT2D eigenvalue weighted by atomic mass is 16.5. The summed E-state index contributed by atoms with van der Waals surface area (Å²) in [6.45, 7) is 3.72. The molecule has 2 N–H and O–H groups in total. The van der Waals surface area contributed by atoms with Gasteiger partial charge in [-0.1, -0.05) is 0 Å². The van der Waals surface area contributed by atoms with E-state index in [2.05, 4.69) is 11.8 Å². The predicted molar refractivity (Wildman–Crippen MR) is 72.8 cm³/mol. The minimum atomic E-state index is 0.648. The maximum atomic E-state index is 5.82. The Bertz CT molecular complexity index is 495. The SMILES string of the molecule is CCN(Cc1ccco1)c1ccc(N)c(OC)c1. The molecular formula is C14H18N2O2. The maximum absolute atomic E-state index is 5.82. The van der Waals surface area contributed by atoms with E-state index in [4.69, 9.17) is 14.9 Å². The van der Waals surface area contributed by atoms with Crippen LogP contribution in [0.4, 0.5) is 11.4 Å². The van der Waals surface area contributed by atoms with E-state index in [0.29, 0.717) is 11.4 Å². The van der Waals surface area contributed by atoms with Crippen LogP contribution in [-0.4, -0.2) is 13.7 Å². The Balaban J connectivity index is 2.21. The summed E-state index contributed by atoms with van der Waals surface area (Å²) >= 11 is 0. The van der Waals surface area contributed by atoms with E-state index < -0.39 is 0 Å². The van der Waals surface area contributed by atoms with Crippen molar-refractivity contribution in [3.05, 3.63) is 42.4 Å². The number of nitrogen functional groups attached to an aromatic ring is 1. The molecule has 0 spiro atoms. The van der Waals surface area contributed by atoms with E-state index >= 15 is 0 Å². The van der Waals surface area contributed by atoms with Crippen molar-refractivity contribution in [1.82, 2.24) is 0 Å². The van der Waals surface area contributed by atoms with E-state index in [-0.39, 0.29) is 0 Å². The van der Waals surface area contributed by atoms with Gasteiger partial charge in [-0.3, -0.25) is 0 Å². The fourth-order valence-electron chi connectivity index (χ4n) is 1.87. The van der Waals surface area contributed by atoms with Crippen LogP contribution in [0.1, 0.15) is 12.7 Å². The van der Waals surface area contributed by atoms with Crippen LogP contribution in [0.5, 0.6) is 5.75 Å². The predicted octanol–water partition coefficient (Wildman–Crippen LogP) is 2.90. The molecule has 2 rings (SSSR count). The number of benzene rings is 1. The average Bonchev–Trinajstić information content (AvgIpc) is 2.89. The summed E-state index contributed by atoms with van der Waals surface area (Å²) < 4.78 is 10.6. The smallest absolute Gasteiger partial charge is 0.143 e. The third-order valence-corrected chi connectivity index (χ3v) is 2.89. The number of ether oxygens (including phenoxy) is 1. The van der Waals surface area contributed by atoms with E-state index in [1.165, 1.54) is 0 Å². The molecule has 1 heterocycles. The molecule has 0 radical (unpaired) electrons. The van der Waals surface area contributed by atoms with Crippen molar-refractivity contribution in [3.8, 4) is 5.75 Å². The normalized spacial score (nSPS) is 10.3. The van der Waals surface area contributed by atoms with Crippen LogP contribution in [0.3, 0.4) is 0 Å². The molecule has 96 valence electrons. The van der Waals surface area contributed by atoms with E-state index in [1.807, 2.05) is 30.3 Å². The van der Waals surface area contributed by atoms with Gasteiger partial charge in [0.15, 0.2) is 0 Å². The lowest BCUT2D eigenvalue weighted by atomic mass is 10.2. The zero-order valence-electron chi connectivity index (χ0n) is 10.7. The Hall–Kier alpha value is -2.10. The fraction of sp³-hybridized carbons (Fsp3) is 0.286. The zero-order valence-corrected chi connectivity index (χ0v) is 10.7. The van der Waals surface area contributed by atoms with Crippen molar-refractivity contribution in [2.75, 3.05) is 24.3 Å². The molecule has 0 fully saturated rings. The Morgan fingerprint density at radius 3 is 2.78 bits per heavy atom. The summed E-state index contributed by atoms with van der Waals surface area (Å²) in [5, 5.41) is 0. The number of furan rings is 1. The van der Waals surface area contributed by atoms with Crippen LogP contribution in [0.15, 0.2) is 41.0 Å². The Morgan fingerprint density at radius 1 is 1.33 bits per heavy atom. The largest absolute Gasteiger partial charge is 0.495 e. The molecule has 0 aliphatic heterocycles. The van der Waals surface area contributed by atoms with Crippen molar-refractivity contribution in [1.29, 1.82) is 0 Å². The topological polar surface area (TPSA) is 51.6 Å². The van der Waals surface area contributed by atoms with Gasteiger partial charge in [0.05, 0.1) is 25.6 Å². The molecule has 4 heteroatoms. The van der Waals surface area contributed by atoms with Crippen LogP contribution >= 0.6 is 0 Å². The summed E-state index contributed by atoms with van der Waals surface area (Å²) in [5.74, 6) is 1.64. The highest BCUT2D eigenvalue weighted by Crippen LogP contribution is 2.28. The monoisotopic (exact) mass is 246 g/mol. The first-order chi connectivity index (χ1) is 8.74. The minimum Gasteiger partial charge on any atom is -0.495 e. The highest BCUT2D eigenvalue weighted by molar-refractivity contribution is 5.62. The molecule has 1 aromatic heterocycles. The van der Waals surface area contributed by atoms with E-state index in [9.17, 15) is 0 Å². The van der Waals surface area contributed by atoms with Gasteiger partial charge >= 0.3 is 0 Å². The second-order valence-corrected chi connectivity index (χ2v) is 4.02. The molecule has 4 nitrogen and oxygen atoms in total. The van der Waals surface area contributed by atoms with E-state index in [1.54, 1.807) is 13.4 Å². The number of hydrogen-bond donors (Lipinski definition) is 1. The van der Waals surface area contributed by atoms with Crippen LogP contribution < -0.4 is 15.4 Å². The second-order valence-electron chi connectivity index (χ2n) is 4.02. The first kappa shape index (κ1) is 12.4. The van der Waals surface area contributed by atoms with Crippen LogP contribution in [0.2, 0.25) is 0 Å². The molecule has 0 aliphatic carbocycles. The Kier molecular flexibility index (Phi) is 3.77. The minimum absolute atomic E-state index is 0.648. The van der Waals surface area contributed by atoms with Crippen LogP contribution in [0.25, 0.3) is 0 Å². The van der Waals surface area contributed by atoms with Gasteiger partial charge in [-0.15, -0.1) is 0 Å². The van der Waals surface area contributed by atoms with Crippen molar-refractivity contribution in [2.24, 2.45) is 0 Å². The average molecular weight is 246 g/mol. The fourth-order valence-corrected chi connectivity index (χ4v) is 1.87. The lowest BCUT2D eigenvalue weighted by molar-refractivity contribution is 0.417. The molecule has 0 saturated heterocycles. The molecule has 1 aromatic carbocycles. The Labute approximate surface area is 107 Å². The number of anilines is 2. The van der Waals surface area contributed by atoms with Gasteiger partial charge < -0.3 is 19.8 Å².